The van der Waals surface area contributed by atoms with Gasteiger partial charge in [0.2, 0.25) is 5.82 Å². The van der Waals surface area contributed by atoms with Gasteiger partial charge >= 0.3 is 0 Å². The highest BCUT2D eigenvalue weighted by Crippen LogP contribution is 2.22. The predicted octanol–water partition coefficient (Wildman–Crippen LogP) is 1.72. The van der Waals surface area contributed by atoms with Crippen LogP contribution in [0.15, 0.2) is 41.2 Å². The standard InChI is InChI=1S/C12H11N5O/c1-17-7-9(6-14-17)11-15-12(18-16-11)8-2-4-10(13)5-3-8/h2-7H,13H2,1H3. The van der Waals surface area contributed by atoms with Gasteiger partial charge in [-0.1, -0.05) is 5.16 Å². The number of nitrogen functional groups attached to an aromatic ring is 1. The second-order valence-electron chi connectivity index (χ2n) is 3.95. The van der Waals surface area contributed by atoms with Gasteiger partial charge in [-0.2, -0.15) is 10.1 Å². The fraction of sp³-hybridized carbons (Fsp3) is 0.0833. The van der Waals surface area contributed by atoms with Crippen molar-refractivity contribution in [1.82, 2.24) is 19.9 Å². The van der Waals surface area contributed by atoms with Crippen LogP contribution in [0.25, 0.3) is 22.8 Å². The highest BCUT2D eigenvalue weighted by atomic mass is 16.5. The maximum atomic E-state index is 5.63. The van der Waals surface area contributed by atoms with Crippen LogP contribution in [0.4, 0.5) is 5.69 Å². The van der Waals surface area contributed by atoms with Crippen molar-refractivity contribution < 1.29 is 4.52 Å². The maximum Gasteiger partial charge on any atom is 0.258 e. The second-order valence-corrected chi connectivity index (χ2v) is 3.95. The van der Waals surface area contributed by atoms with E-state index in [9.17, 15) is 0 Å². The Hall–Kier alpha value is -2.63. The lowest BCUT2D eigenvalue weighted by Crippen LogP contribution is -1.85. The van der Waals surface area contributed by atoms with E-state index >= 15 is 0 Å². The molecular weight excluding hydrogens is 230 g/mol. The van der Waals surface area contributed by atoms with Crippen molar-refractivity contribution in [2.75, 3.05) is 5.73 Å². The summed E-state index contributed by atoms with van der Waals surface area (Å²) in [5.41, 5.74) is 7.99. The highest BCUT2D eigenvalue weighted by Gasteiger charge is 2.11. The molecule has 0 aliphatic rings. The third-order valence-corrected chi connectivity index (χ3v) is 2.55. The van der Waals surface area contributed by atoms with Gasteiger partial charge in [0.05, 0.1) is 11.8 Å². The summed E-state index contributed by atoms with van der Waals surface area (Å²) in [6.07, 6.45) is 3.52. The van der Waals surface area contributed by atoms with Gasteiger partial charge in [-0.25, -0.2) is 0 Å². The average Bonchev–Trinajstić information content (AvgIpc) is 2.98. The summed E-state index contributed by atoms with van der Waals surface area (Å²) >= 11 is 0. The fourth-order valence-corrected chi connectivity index (χ4v) is 1.62. The van der Waals surface area contributed by atoms with E-state index in [1.54, 1.807) is 23.0 Å². The number of nitrogens with two attached hydrogens (primary N) is 1. The van der Waals surface area contributed by atoms with Crippen LogP contribution < -0.4 is 5.73 Å². The van der Waals surface area contributed by atoms with Gasteiger partial charge in [0.25, 0.3) is 5.89 Å². The molecule has 3 rings (SSSR count). The second kappa shape index (κ2) is 3.99. The zero-order valence-electron chi connectivity index (χ0n) is 9.74. The van der Waals surface area contributed by atoms with Gasteiger partial charge in [-0.05, 0) is 24.3 Å². The van der Waals surface area contributed by atoms with E-state index in [1.807, 2.05) is 25.4 Å². The number of nitrogens with zero attached hydrogens (tertiary/aromatic N) is 4. The molecule has 0 spiro atoms. The Labute approximate surface area is 103 Å². The summed E-state index contributed by atoms with van der Waals surface area (Å²) < 4.78 is 6.90. The first kappa shape index (κ1) is 10.5. The van der Waals surface area contributed by atoms with Crippen LogP contribution in [0.5, 0.6) is 0 Å². The normalized spacial score (nSPS) is 10.7. The minimum absolute atomic E-state index is 0.467. The van der Waals surface area contributed by atoms with Crippen LogP contribution in [-0.4, -0.2) is 19.9 Å². The molecule has 0 bridgehead atoms. The van der Waals surface area contributed by atoms with Crippen LogP contribution in [0, 0.1) is 0 Å². The van der Waals surface area contributed by atoms with Gasteiger partial charge in [0.15, 0.2) is 0 Å². The number of benzene rings is 1. The molecule has 0 saturated heterocycles. The van der Waals surface area contributed by atoms with Crippen molar-refractivity contribution in [2.24, 2.45) is 7.05 Å². The molecule has 90 valence electrons. The topological polar surface area (TPSA) is 82.8 Å². The molecule has 2 N–H and O–H groups in total. The summed E-state index contributed by atoms with van der Waals surface area (Å²) in [5.74, 6) is 0.990. The van der Waals surface area contributed by atoms with E-state index in [0.29, 0.717) is 17.4 Å². The van der Waals surface area contributed by atoms with Crippen molar-refractivity contribution >= 4 is 5.69 Å². The van der Waals surface area contributed by atoms with Gasteiger partial charge in [-0.3, -0.25) is 4.68 Å². The molecule has 6 heteroatoms. The van der Waals surface area contributed by atoms with Gasteiger partial charge in [0, 0.05) is 24.5 Å². The predicted molar refractivity (Wildman–Crippen MR) is 66.3 cm³/mol. The lowest BCUT2D eigenvalue weighted by atomic mass is 10.2. The molecule has 0 aliphatic carbocycles. The zero-order valence-corrected chi connectivity index (χ0v) is 9.74. The number of rotatable bonds is 2. The SMILES string of the molecule is Cn1cc(-c2noc(-c3ccc(N)cc3)n2)cn1. The van der Waals surface area contributed by atoms with E-state index in [1.165, 1.54) is 0 Å². The Balaban J connectivity index is 1.96. The smallest absolute Gasteiger partial charge is 0.258 e. The van der Waals surface area contributed by atoms with Crippen LogP contribution >= 0.6 is 0 Å². The monoisotopic (exact) mass is 241 g/mol. The van der Waals surface area contributed by atoms with Crippen LogP contribution in [0.2, 0.25) is 0 Å². The molecule has 0 radical (unpaired) electrons. The third-order valence-electron chi connectivity index (χ3n) is 2.55. The first-order chi connectivity index (χ1) is 8.72. The Morgan fingerprint density at radius 2 is 1.94 bits per heavy atom. The Kier molecular flexibility index (Phi) is 2.33. The molecule has 0 fully saturated rings. The summed E-state index contributed by atoms with van der Waals surface area (Å²) in [7, 11) is 1.84. The number of aryl methyl sites for hydroxylation is 1. The van der Waals surface area contributed by atoms with Crippen molar-refractivity contribution in [3.05, 3.63) is 36.7 Å². The Morgan fingerprint density at radius 1 is 1.17 bits per heavy atom. The molecule has 0 aliphatic heterocycles. The third kappa shape index (κ3) is 1.84. The Morgan fingerprint density at radius 3 is 2.61 bits per heavy atom. The zero-order chi connectivity index (χ0) is 12.5. The summed E-state index contributed by atoms with van der Waals surface area (Å²) in [6.45, 7) is 0. The Bertz CT molecular complexity index is 668. The molecule has 0 amide bonds. The number of hydrogen-bond acceptors (Lipinski definition) is 5. The average molecular weight is 241 g/mol. The lowest BCUT2D eigenvalue weighted by Gasteiger charge is -1.94. The molecule has 0 saturated carbocycles. The fourth-order valence-electron chi connectivity index (χ4n) is 1.62. The molecule has 2 aromatic heterocycles. The molecule has 0 unspecified atom stereocenters. The quantitative estimate of drug-likeness (QED) is 0.691. The van der Waals surface area contributed by atoms with Crippen molar-refractivity contribution in [3.63, 3.8) is 0 Å². The summed E-state index contributed by atoms with van der Waals surface area (Å²) in [5, 5.41) is 7.99. The maximum absolute atomic E-state index is 5.63. The summed E-state index contributed by atoms with van der Waals surface area (Å²) in [6, 6.07) is 7.28. The van der Waals surface area contributed by atoms with Gasteiger partial charge in [-0.15, -0.1) is 0 Å². The van der Waals surface area contributed by atoms with Gasteiger partial charge in [0.1, 0.15) is 0 Å². The van der Waals surface area contributed by atoms with E-state index < -0.39 is 0 Å². The van der Waals surface area contributed by atoms with E-state index in [0.717, 1.165) is 11.1 Å². The lowest BCUT2D eigenvalue weighted by molar-refractivity contribution is 0.432. The molecule has 3 aromatic rings. The number of anilines is 1. The first-order valence-corrected chi connectivity index (χ1v) is 5.41. The van der Waals surface area contributed by atoms with E-state index in [2.05, 4.69) is 15.2 Å². The molecule has 18 heavy (non-hydrogen) atoms. The molecule has 1 aromatic carbocycles. The van der Waals surface area contributed by atoms with Crippen molar-refractivity contribution in [3.8, 4) is 22.8 Å². The molecule has 6 nitrogen and oxygen atoms in total. The van der Waals surface area contributed by atoms with Crippen LogP contribution in [0.3, 0.4) is 0 Å². The minimum atomic E-state index is 0.467. The van der Waals surface area contributed by atoms with Crippen molar-refractivity contribution in [2.45, 2.75) is 0 Å². The molecule has 0 atom stereocenters. The van der Waals surface area contributed by atoms with E-state index in [4.69, 9.17) is 10.3 Å². The molecular formula is C12H11N5O. The highest BCUT2D eigenvalue weighted by molar-refractivity contribution is 5.60. The van der Waals surface area contributed by atoms with E-state index in [-0.39, 0.29) is 0 Å². The number of aromatic nitrogens is 4. The first-order valence-electron chi connectivity index (χ1n) is 5.41. The van der Waals surface area contributed by atoms with Crippen LogP contribution in [-0.2, 0) is 7.05 Å². The number of hydrogen-bond donors (Lipinski definition) is 1. The summed E-state index contributed by atoms with van der Waals surface area (Å²) in [4.78, 5) is 4.32. The van der Waals surface area contributed by atoms with Gasteiger partial charge < -0.3 is 10.3 Å². The minimum Gasteiger partial charge on any atom is -0.399 e. The van der Waals surface area contributed by atoms with Crippen LogP contribution in [0.1, 0.15) is 0 Å². The van der Waals surface area contributed by atoms with Crippen molar-refractivity contribution in [1.29, 1.82) is 0 Å². The largest absolute Gasteiger partial charge is 0.399 e. The molecule has 2 heterocycles.